The van der Waals surface area contributed by atoms with E-state index in [2.05, 4.69) is 10.3 Å². The van der Waals surface area contributed by atoms with E-state index in [1.165, 1.54) is 15.6 Å². The zero-order valence-corrected chi connectivity index (χ0v) is 36.6. The molecule has 3 aromatic rings. The standard InChI is InChI=1S/C45H61F3N8O5/c1-42(2,3)60-40(58)52(7)35-25-37(51-56-36(26-49-38(35)56)39(57)50-33-24-32(33)46)55-20-14-31-28(9-8-10-34(31)55)23-29-13-19-54(27-45(29,47)48)30-11-15-44(16-12-30)17-21-53(22-18-44)41(59)61-43(4,5)6/h8-10,25-26,29-30,32-33H,11-24,27H2,1-7H3,(H,50,57)/t29?,32-,33+/m0/s1. The summed E-state index contributed by atoms with van der Waals surface area (Å²) >= 11 is 0. The van der Waals surface area contributed by atoms with Crippen molar-refractivity contribution in [2.75, 3.05) is 49.6 Å². The zero-order chi connectivity index (χ0) is 43.6. The molecule has 1 spiro atoms. The van der Waals surface area contributed by atoms with Crippen LogP contribution in [0.15, 0.2) is 30.5 Å². The Morgan fingerprint density at radius 3 is 2.28 bits per heavy atom. The predicted octanol–water partition coefficient (Wildman–Crippen LogP) is 8.09. The maximum Gasteiger partial charge on any atom is 0.414 e. The second kappa shape index (κ2) is 15.9. The summed E-state index contributed by atoms with van der Waals surface area (Å²) in [7, 11) is 1.56. The van der Waals surface area contributed by atoms with Crippen LogP contribution in [-0.2, 0) is 22.3 Å². The molecule has 5 aliphatic rings. The van der Waals surface area contributed by atoms with Crippen molar-refractivity contribution in [3.05, 3.63) is 47.3 Å². The monoisotopic (exact) mass is 850 g/mol. The Bertz CT molecular complexity index is 2150. The van der Waals surface area contributed by atoms with Gasteiger partial charge in [-0.05, 0) is 128 Å². The number of hydrogen-bond acceptors (Lipinski definition) is 9. The molecule has 3 atom stereocenters. The lowest BCUT2D eigenvalue weighted by atomic mass is 9.66. The fourth-order valence-corrected chi connectivity index (χ4v) is 9.80. The Morgan fingerprint density at radius 2 is 1.64 bits per heavy atom. The number of piperidine rings is 2. The van der Waals surface area contributed by atoms with Crippen molar-refractivity contribution in [1.29, 1.82) is 0 Å². The van der Waals surface area contributed by atoms with Gasteiger partial charge in [-0.3, -0.25) is 14.6 Å². The maximum absolute atomic E-state index is 16.2. The number of halogens is 3. The van der Waals surface area contributed by atoms with Crippen molar-refractivity contribution in [3.63, 3.8) is 0 Å². The Morgan fingerprint density at radius 1 is 0.951 bits per heavy atom. The van der Waals surface area contributed by atoms with Gasteiger partial charge in [0.1, 0.15) is 17.4 Å². The Hall–Kier alpha value is -4.60. The van der Waals surface area contributed by atoms with Gasteiger partial charge >= 0.3 is 12.2 Å². The Kier molecular flexibility index (Phi) is 11.3. The van der Waals surface area contributed by atoms with E-state index in [0.29, 0.717) is 50.5 Å². The summed E-state index contributed by atoms with van der Waals surface area (Å²) in [6.45, 7) is 13.2. The minimum atomic E-state index is -2.86. The lowest BCUT2D eigenvalue weighted by Gasteiger charge is -2.49. The molecular weight excluding hydrogens is 790 g/mol. The molecule has 5 heterocycles. The first-order chi connectivity index (χ1) is 28.7. The van der Waals surface area contributed by atoms with Crippen LogP contribution in [-0.4, -0.2) is 118 Å². The van der Waals surface area contributed by atoms with E-state index in [9.17, 15) is 18.8 Å². The quantitative estimate of drug-likeness (QED) is 0.251. The van der Waals surface area contributed by atoms with Crippen LogP contribution in [0.2, 0.25) is 0 Å². The number of ether oxygens (including phenoxy) is 2. The molecule has 332 valence electrons. The van der Waals surface area contributed by atoms with E-state index in [1.807, 2.05) is 53.7 Å². The molecule has 8 rings (SSSR count). The van der Waals surface area contributed by atoms with E-state index >= 15 is 8.78 Å². The highest BCUT2D eigenvalue weighted by molar-refractivity contribution is 5.97. The highest BCUT2D eigenvalue weighted by Gasteiger charge is 2.48. The number of alkyl halides is 3. The van der Waals surface area contributed by atoms with E-state index in [1.54, 1.807) is 33.9 Å². The summed E-state index contributed by atoms with van der Waals surface area (Å²) in [6, 6.07) is 7.07. The fourth-order valence-electron chi connectivity index (χ4n) is 9.80. The molecule has 0 bridgehead atoms. The summed E-state index contributed by atoms with van der Waals surface area (Å²) < 4.78 is 58.8. The largest absolute Gasteiger partial charge is 0.444 e. The van der Waals surface area contributed by atoms with Gasteiger partial charge in [0.25, 0.3) is 11.8 Å². The average Bonchev–Trinajstić information content (AvgIpc) is 3.51. The van der Waals surface area contributed by atoms with Crippen molar-refractivity contribution in [1.82, 2.24) is 29.7 Å². The number of fused-ring (bicyclic) bond motifs is 2. The van der Waals surface area contributed by atoms with Crippen molar-refractivity contribution >= 4 is 40.9 Å². The van der Waals surface area contributed by atoms with E-state index in [-0.39, 0.29) is 48.3 Å². The molecule has 1 N–H and O–H groups in total. The topological polar surface area (TPSA) is 125 Å². The Labute approximate surface area is 356 Å². The first kappa shape index (κ1) is 43.1. The van der Waals surface area contributed by atoms with Crippen LogP contribution in [0, 0.1) is 11.3 Å². The third kappa shape index (κ3) is 9.15. The third-order valence-corrected chi connectivity index (χ3v) is 13.4. The first-order valence-corrected chi connectivity index (χ1v) is 22.0. The van der Waals surface area contributed by atoms with Gasteiger partial charge in [-0.1, -0.05) is 12.1 Å². The number of carbonyl (C=O) groups excluding carboxylic acids is 3. The minimum Gasteiger partial charge on any atom is -0.444 e. The van der Waals surface area contributed by atoms with E-state index in [0.717, 1.165) is 55.3 Å². The van der Waals surface area contributed by atoms with Crippen molar-refractivity contribution in [3.8, 4) is 0 Å². The molecule has 1 aromatic carbocycles. The Balaban J connectivity index is 0.952. The second-order valence-corrected chi connectivity index (χ2v) is 20.1. The number of carbonyl (C=O) groups is 3. The smallest absolute Gasteiger partial charge is 0.414 e. The molecule has 3 amide bonds. The number of nitrogens with zero attached hydrogens (tertiary/aromatic N) is 7. The number of benzene rings is 1. The van der Waals surface area contributed by atoms with Gasteiger partial charge in [-0.25, -0.2) is 32.3 Å². The highest BCUT2D eigenvalue weighted by Crippen LogP contribution is 2.48. The van der Waals surface area contributed by atoms with Crippen molar-refractivity contribution in [2.45, 2.75) is 141 Å². The van der Waals surface area contributed by atoms with Crippen LogP contribution in [0.5, 0.6) is 0 Å². The molecule has 16 heteroatoms. The first-order valence-electron chi connectivity index (χ1n) is 22.0. The number of rotatable bonds is 7. The number of nitrogens with one attached hydrogen (secondary N) is 1. The fraction of sp³-hybridized carbons (Fsp3) is 0.667. The molecule has 1 unspecified atom stereocenters. The van der Waals surface area contributed by atoms with Crippen LogP contribution in [0.1, 0.15) is 115 Å². The zero-order valence-electron chi connectivity index (χ0n) is 36.6. The molecule has 2 aromatic heterocycles. The number of imidazole rings is 1. The molecule has 13 nitrogen and oxygen atoms in total. The number of hydrogen-bond donors (Lipinski definition) is 1. The van der Waals surface area contributed by atoms with Crippen LogP contribution in [0.3, 0.4) is 0 Å². The van der Waals surface area contributed by atoms with Crippen LogP contribution < -0.4 is 15.1 Å². The van der Waals surface area contributed by atoms with Gasteiger partial charge in [0.2, 0.25) is 0 Å². The number of amides is 3. The number of anilines is 3. The third-order valence-electron chi connectivity index (χ3n) is 13.4. The summed E-state index contributed by atoms with van der Waals surface area (Å²) in [4.78, 5) is 50.8. The number of likely N-dealkylation sites (tertiary alicyclic amines) is 2. The maximum atomic E-state index is 16.2. The summed E-state index contributed by atoms with van der Waals surface area (Å²) in [5, 5.41) is 7.52. The normalized spacial score (nSPS) is 24.1. The molecule has 3 aliphatic heterocycles. The van der Waals surface area contributed by atoms with Crippen molar-refractivity contribution < 1.29 is 37.0 Å². The summed E-state index contributed by atoms with van der Waals surface area (Å²) in [5.74, 6) is -3.77. The molecule has 0 radical (unpaired) electrons. The van der Waals surface area contributed by atoms with Gasteiger partial charge in [-0.15, -0.1) is 5.10 Å². The molecule has 61 heavy (non-hydrogen) atoms. The van der Waals surface area contributed by atoms with Crippen molar-refractivity contribution in [2.24, 2.45) is 11.3 Å². The molecule has 2 saturated carbocycles. The minimum absolute atomic E-state index is 0.0879. The van der Waals surface area contributed by atoms with Gasteiger partial charge in [0, 0.05) is 56.8 Å². The van der Waals surface area contributed by atoms with Crippen LogP contribution >= 0.6 is 0 Å². The lowest BCUT2D eigenvalue weighted by Crippen LogP contribution is -2.54. The van der Waals surface area contributed by atoms with E-state index in [4.69, 9.17) is 14.6 Å². The lowest BCUT2D eigenvalue weighted by molar-refractivity contribution is -0.124. The highest BCUT2D eigenvalue weighted by atomic mass is 19.3. The summed E-state index contributed by atoms with van der Waals surface area (Å²) in [6.07, 6.45) is 6.51. The molecular formula is C45H61F3N8O5. The molecule has 4 fully saturated rings. The van der Waals surface area contributed by atoms with Gasteiger partial charge < -0.3 is 24.6 Å². The van der Waals surface area contributed by atoms with Gasteiger partial charge in [0.15, 0.2) is 17.2 Å². The summed E-state index contributed by atoms with van der Waals surface area (Å²) in [5.41, 5.74) is 2.23. The SMILES string of the molecule is CN(C(=O)OC(C)(C)C)c1cc(N2CCc3c(CC4CCN(C5CCC6(CC5)CCN(C(=O)OC(C)(C)C)CC6)CC4(F)F)cccc32)nn2c(C(=O)N[C@@H]3C[C@@H]3F)cnc12. The van der Waals surface area contributed by atoms with Crippen LogP contribution in [0.25, 0.3) is 5.65 Å². The molecule has 2 aliphatic carbocycles. The van der Waals surface area contributed by atoms with Gasteiger partial charge in [0.05, 0.1) is 24.5 Å². The molecule has 2 saturated heterocycles. The van der Waals surface area contributed by atoms with E-state index < -0.39 is 47.3 Å². The predicted molar refractivity (Wildman–Crippen MR) is 226 cm³/mol. The average molecular weight is 851 g/mol. The second-order valence-electron chi connectivity index (χ2n) is 20.1. The number of aromatic nitrogens is 3. The van der Waals surface area contributed by atoms with Gasteiger partial charge in [-0.2, -0.15) is 0 Å². The van der Waals surface area contributed by atoms with Crippen LogP contribution in [0.4, 0.5) is 40.0 Å².